The van der Waals surface area contributed by atoms with Crippen molar-refractivity contribution in [1.29, 1.82) is 5.41 Å². The SMILES string of the molecule is CC(C)COP(OCC(C)C)ONC(=N)N. The highest BCUT2D eigenvalue weighted by Gasteiger charge is 2.15. The minimum absolute atomic E-state index is 0.270. The van der Waals surface area contributed by atoms with Gasteiger partial charge in [0.15, 0.2) is 0 Å². The Morgan fingerprint density at radius 3 is 1.94 bits per heavy atom. The molecule has 0 aromatic rings. The molecular weight excluding hydrogens is 229 g/mol. The second-order valence-electron chi connectivity index (χ2n) is 4.21. The van der Waals surface area contributed by atoms with Crippen molar-refractivity contribution in [3.63, 3.8) is 0 Å². The molecule has 96 valence electrons. The Labute approximate surface area is 98.3 Å². The lowest BCUT2D eigenvalue weighted by molar-refractivity contribution is 0.119. The van der Waals surface area contributed by atoms with Crippen molar-refractivity contribution in [2.45, 2.75) is 27.7 Å². The minimum Gasteiger partial charge on any atom is -0.368 e. The van der Waals surface area contributed by atoms with Crippen molar-refractivity contribution in [1.82, 2.24) is 5.48 Å². The maximum absolute atomic E-state index is 6.96. The number of hydrogen-bond acceptors (Lipinski definition) is 4. The fraction of sp³-hybridized carbons (Fsp3) is 0.889. The van der Waals surface area contributed by atoms with Gasteiger partial charge in [-0.15, -0.1) is 0 Å². The molecule has 7 heteroatoms. The number of guanidine groups is 1. The Morgan fingerprint density at radius 2 is 1.62 bits per heavy atom. The Kier molecular flexibility index (Phi) is 8.47. The highest BCUT2D eigenvalue weighted by atomic mass is 31.2. The third kappa shape index (κ3) is 10.1. The third-order valence-electron chi connectivity index (χ3n) is 1.26. The fourth-order valence-corrected chi connectivity index (χ4v) is 1.79. The molecular formula is C9H22N3O3P. The van der Waals surface area contributed by atoms with Gasteiger partial charge in [-0.1, -0.05) is 27.7 Å². The molecule has 0 aromatic heterocycles. The van der Waals surface area contributed by atoms with Crippen molar-refractivity contribution < 1.29 is 13.7 Å². The van der Waals surface area contributed by atoms with Crippen LogP contribution >= 0.6 is 8.60 Å². The van der Waals surface area contributed by atoms with Gasteiger partial charge in [0, 0.05) is 0 Å². The quantitative estimate of drug-likeness (QED) is 0.265. The van der Waals surface area contributed by atoms with Crippen LogP contribution < -0.4 is 11.2 Å². The summed E-state index contributed by atoms with van der Waals surface area (Å²) in [5.74, 6) is 0.524. The van der Waals surface area contributed by atoms with Gasteiger partial charge in [-0.25, -0.2) is 5.48 Å². The molecule has 0 aliphatic heterocycles. The lowest BCUT2D eigenvalue weighted by Crippen LogP contribution is -2.29. The third-order valence-corrected chi connectivity index (χ3v) is 2.22. The molecule has 0 bridgehead atoms. The number of hydrogen-bond donors (Lipinski definition) is 3. The topological polar surface area (TPSA) is 89.6 Å². The standard InChI is InChI=1S/C9H22N3O3P/c1-7(2)5-13-16(14-6-8(3)4)15-12-9(10)11/h7-8H,5-6H2,1-4H3,(H4,10,11,12). The number of hydroxylamine groups is 1. The van der Waals surface area contributed by atoms with Crippen LogP contribution in [-0.4, -0.2) is 19.2 Å². The smallest absolute Gasteiger partial charge is 0.356 e. The average molecular weight is 251 g/mol. The Hall–Kier alpha value is -0.420. The summed E-state index contributed by atoms with van der Waals surface area (Å²) >= 11 is 0. The molecule has 0 radical (unpaired) electrons. The van der Waals surface area contributed by atoms with Crippen LogP contribution in [0.4, 0.5) is 0 Å². The monoisotopic (exact) mass is 251 g/mol. The van der Waals surface area contributed by atoms with Gasteiger partial charge in [0.1, 0.15) is 0 Å². The molecule has 0 spiro atoms. The first-order chi connectivity index (χ1) is 7.41. The molecule has 0 fully saturated rings. The van der Waals surface area contributed by atoms with Gasteiger partial charge in [0.05, 0.1) is 13.2 Å². The Morgan fingerprint density at radius 1 is 1.19 bits per heavy atom. The first kappa shape index (κ1) is 15.6. The van der Waals surface area contributed by atoms with Crippen LogP contribution in [0.25, 0.3) is 0 Å². The van der Waals surface area contributed by atoms with Crippen LogP contribution in [0.3, 0.4) is 0 Å². The molecule has 0 rings (SSSR count). The van der Waals surface area contributed by atoms with Crippen LogP contribution in [0.1, 0.15) is 27.7 Å². The van der Waals surface area contributed by atoms with Crippen molar-refractivity contribution in [2.24, 2.45) is 17.6 Å². The van der Waals surface area contributed by atoms with Crippen molar-refractivity contribution in [3.8, 4) is 0 Å². The summed E-state index contributed by atoms with van der Waals surface area (Å²) in [7, 11) is -1.49. The Balaban J connectivity index is 3.89. The van der Waals surface area contributed by atoms with Gasteiger partial charge < -0.3 is 14.8 Å². The molecule has 0 saturated heterocycles. The van der Waals surface area contributed by atoms with E-state index in [4.69, 9.17) is 24.8 Å². The van der Waals surface area contributed by atoms with E-state index in [0.29, 0.717) is 25.0 Å². The molecule has 0 aromatic carbocycles. The zero-order valence-electron chi connectivity index (χ0n) is 10.3. The van der Waals surface area contributed by atoms with Crippen LogP contribution in [0.2, 0.25) is 0 Å². The molecule has 4 N–H and O–H groups in total. The van der Waals surface area contributed by atoms with Crippen LogP contribution in [0, 0.1) is 17.2 Å². The summed E-state index contributed by atoms with van der Waals surface area (Å²) in [5, 5.41) is 6.96. The molecule has 0 heterocycles. The molecule has 16 heavy (non-hydrogen) atoms. The maximum atomic E-state index is 6.96. The molecule has 6 nitrogen and oxygen atoms in total. The predicted octanol–water partition coefficient (Wildman–Crippen LogP) is 1.97. The van der Waals surface area contributed by atoms with Gasteiger partial charge in [-0.3, -0.25) is 5.41 Å². The van der Waals surface area contributed by atoms with Crippen molar-refractivity contribution in [3.05, 3.63) is 0 Å². The highest BCUT2D eigenvalue weighted by molar-refractivity contribution is 7.41. The predicted molar refractivity (Wildman–Crippen MR) is 64.6 cm³/mol. The molecule has 0 atom stereocenters. The lowest BCUT2D eigenvalue weighted by Gasteiger charge is -2.18. The summed E-state index contributed by atoms with van der Waals surface area (Å²) in [6.07, 6.45) is 0. The first-order valence-electron chi connectivity index (χ1n) is 5.24. The fourth-order valence-electron chi connectivity index (χ4n) is 0.596. The second kappa shape index (κ2) is 8.70. The van der Waals surface area contributed by atoms with Gasteiger partial charge in [0.25, 0.3) is 0 Å². The summed E-state index contributed by atoms with van der Waals surface area (Å²) in [4.78, 5) is 0. The van der Waals surface area contributed by atoms with E-state index < -0.39 is 8.60 Å². The van der Waals surface area contributed by atoms with E-state index in [9.17, 15) is 0 Å². The van der Waals surface area contributed by atoms with E-state index >= 15 is 0 Å². The largest absolute Gasteiger partial charge is 0.368 e. The van der Waals surface area contributed by atoms with E-state index in [2.05, 4.69) is 5.48 Å². The second-order valence-corrected chi connectivity index (χ2v) is 5.36. The summed E-state index contributed by atoms with van der Waals surface area (Å²) in [6.45, 7) is 9.23. The Bertz CT molecular complexity index is 190. The number of nitrogens with one attached hydrogen (secondary N) is 2. The summed E-state index contributed by atoms with van der Waals surface area (Å²) in [5.41, 5.74) is 7.33. The van der Waals surface area contributed by atoms with E-state index in [0.717, 1.165) is 0 Å². The average Bonchev–Trinajstić information content (AvgIpc) is 2.15. The molecule has 0 saturated carbocycles. The minimum atomic E-state index is -1.49. The van der Waals surface area contributed by atoms with Crippen molar-refractivity contribution >= 4 is 14.6 Å². The van der Waals surface area contributed by atoms with Gasteiger partial charge in [-0.2, -0.15) is 4.62 Å². The van der Waals surface area contributed by atoms with E-state index in [1.165, 1.54) is 0 Å². The molecule has 0 aliphatic carbocycles. The molecule has 0 aliphatic rings. The zero-order chi connectivity index (χ0) is 12.6. The van der Waals surface area contributed by atoms with Crippen LogP contribution in [0.15, 0.2) is 0 Å². The van der Waals surface area contributed by atoms with E-state index in [1.54, 1.807) is 0 Å². The first-order valence-corrected chi connectivity index (χ1v) is 6.34. The van der Waals surface area contributed by atoms with Crippen LogP contribution in [-0.2, 0) is 13.7 Å². The maximum Gasteiger partial charge on any atom is 0.356 e. The zero-order valence-corrected chi connectivity index (χ0v) is 11.2. The summed E-state index contributed by atoms with van der Waals surface area (Å²) in [6, 6.07) is 0. The van der Waals surface area contributed by atoms with Crippen molar-refractivity contribution in [2.75, 3.05) is 13.2 Å². The van der Waals surface area contributed by atoms with Gasteiger partial charge in [0.2, 0.25) is 5.96 Å². The van der Waals surface area contributed by atoms with Crippen LogP contribution in [0.5, 0.6) is 0 Å². The van der Waals surface area contributed by atoms with E-state index in [1.807, 2.05) is 27.7 Å². The van der Waals surface area contributed by atoms with Gasteiger partial charge in [-0.05, 0) is 11.8 Å². The highest BCUT2D eigenvalue weighted by Crippen LogP contribution is 2.39. The number of nitrogens with two attached hydrogens (primary N) is 1. The normalized spacial score (nSPS) is 11.4. The molecule has 0 amide bonds. The van der Waals surface area contributed by atoms with E-state index in [-0.39, 0.29) is 5.96 Å². The number of rotatable bonds is 8. The van der Waals surface area contributed by atoms with Gasteiger partial charge >= 0.3 is 8.60 Å². The lowest BCUT2D eigenvalue weighted by atomic mass is 10.2. The molecule has 0 unspecified atom stereocenters. The summed E-state index contributed by atoms with van der Waals surface area (Å²) < 4.78 is 15.8.